The summed E-state index contributed by atoms with van der Waals surface area (Å²) < 4.78 is 0. The van der Waals surface area contributed by atoms with Crippen LogP contribution < -0.4 is 11.1 Å². The number of aryl methyl sites for hydroxylation is 1. The monoisotopic (exact) mass is 459 g/mol. The highest BCUT2D eigenvalue weighted by Crippen LogP contribution is 2.23. The van der Waals surface area contributed by atoms with E-state index in [9.17, 15) is 14.4 Å². The van der Waals surface area contributed by atoms with Crippen LogP contribution in [0, 0.1) is 18.3 Å². The van der Waals surface area contributed by atoms with Crippen molar-refractivity contribution >= 4 is 17.7 Å². The molecule has 0 radical (unpaired) electrons. The molecule has 0 aromatic heterocycles. The second kappa shape index (κ2) is 10.1. The fraction of sp³-hybridized carbons (Fsp3) is 0.385. The van der Waals surface area contributed by atoms with Crippen LogP contribution in [0.2, 0.25) is 0 Å². The second-order valence-corrected chi connectivity index (χ2v) is 9.05. The molecule has 8 nitrogen and oxygen atoms in total. The van der Waals surface area contributed by atoms with E-state index in [1.54, 1.807) is 36.4 Å². The number of carbonyl (C=O) groups is 3. The summed E-state index contributed by atoms with van der Waals surface area (Å²) in [5.41, 5.74) is 8.30. The molecular weight excluding hydrogens is 430 g/mol. The Bertz CT molecular complexity index is 1100. The predicted molar refractivity (Wildman–Crippen MR) is 127 cm³/mol. The van der Waals surface area contributed by atoms with E-state index in [0.29, 0.717) is 16.7 Å². The number of nitrogens with zero attached hydrogens (tertiary/aromatic N) is 3. The van der Waals surface area contributed by atoms with E-state index in [1.807, 2.05) is 25.1 Å². The average Bonchev–Trinajstić information content (AvgIpc) is 3.30. The van der Waals surface area contributed by atoms with Crippen LogP contribution in [0.4, 0.5) is 0 Å². The zero-order valence-electron chi connectivity index (χ0n) is 19.2. The lowest BCUT2D eigenvalue weighted by molar-refractivity contribution is -0.129. The minimum atomic E-state index is -1.05. The second-order valence-electron chi connectivity index (χ2n) is 9.05. The van der Waals surface area contributed by atoms with Gasteiger partial charge in [0.2, 0.25) is 0 Å². The molecule has 3 amide bonds. The van der Waals surface area contributed by atoms with Gasteiger partial charge in [0.05, 0.1) is 11.6 Å². The number of hydrogen-bond donors (Lipinski definition) is 2. The van der Waals surface area contributed by atoms with Gasteiger partial charge in [-0.1, -0.05) is 17.7 Å². The highest BCUT2D eigenvalue weighted by atomic mass is 16.2. The standard InChI is InChI=1S/C26H29N5O3/c1-17-2-6-19(7-3-17)25(33)30-14-15-31(26(34)20-8-4-18(16-27)5-9-20)24(30)23(32)29-22-12-10-21(28)11-13-22/h2-9,21-22,24H,10-15,28H2,1H3,(H,29,32). The Hall–Kier alpha value is -3.70. The van der Waals surface area contributed by atoms with Crippen LogP contribution in [0.3, 0.4) is 0 Å². The molecule has 1 atom stereocenters. The molecule has 2 aliphatic rings. The van der Waals surface area contributed by atoms with Gasteiger partial charge in [-0.15, -0.1) is 0 Å². The number of carbonyl (C=O) groups excluding carboxylic acids is 3. The van der Waals surface area contributed by atoms with Gasteiger partial charge in [-0.3, -0.25) is 14.4 Å². The Kier molecular flexibility index (Phi) is 6.94. The summed E-state index contributed by atoms with van der Waals surface area (Å²) in [4.78, 5) is 43.1. The molecule has 1 aliphatic heterocycles. The van der Waals surface area contributed by atoms with Crippen molar-refractivity contribution < 1.29 is 14.4 Å². The Morgan fingerprint density at radius 1 is 0.882 bits per heavy atom. The Balaban J connectivity index is 1.59. The maximum atomic E-state index is 13.5. The fourth-order valence-corrected chi connectivity index (χ4v) is 4.59. The van der Waals surface area contributed by atoms with Gasteiger partial charge in [-0.2, -0.15) is 5.26 Å². The number of nitrogens with two attached hydrogens (primary N) is 1. The first kappa shape index (κ1) is 23.5. The summed E-state index contributed by atoms with van der Waals surface area (Å²) in [5.74, 6) is -1.00. The van der Waals surface area contributed by atoms with Gasteiger partial charge < -0.3 is 20.9 Å². The summed E-state index contributed by atoms with van der Waals surface area (Å²) in [6, 6.07) is 15.6. The molecule has 2 aromatic rings. The minimum Gasteiger partial charge on any atom is -0.350 e. The van der Waals surface area contributed by atoms with Crippen LogP contribution >= 0.6 is 0 Å². The van der Waals surface area contributed by atoms with Gasteiger partial charge in [0, 0.05) is 36.3 Å². The van der Waals surface area contributed by atoms with Crippen molar-refractivity contribution in [1.82, 2.24) is 15.1 Å². The molecule has 0 spiro atoms. The zero-order chi connectivity index (χ0) is 24.2. The maximum Gasteiger partial charge on any atom is 0.264 e. The van der Waals surface area contributed by atoms with E-state index < -0.39 is 6.17 Å². The van der Waals surface area contributed by atoms with Gasteiger partial charge in [0.25, 0.3) is 17.7 Å². The molecule has 2 aromatic carbocycles. The Morgan fingerprint density at radius 2 is 1.38 bits per heavy atom. The van der Waals surface area contributed by atoms with Crippen LogP contribution in [0.15, 0.2) is 48.5 Å². The van der Waals surface area contributed by atoms with Crippen molar-refractivity contribution in [2.45, 2.75) is 50.9 Å². The smallest absolute Gasteiger partial charge is 0.264 e. The Labute approximate surface area is 199 Å². The topological polar surface area (TPSA) is 120 Å². The lowest BCUT2D eigenvalue weighted by Gasteiger charge is -2.32. The van der Waals surface area contributed by atoms with Gasteiger partial charge >= 0.3 is 0 Å². The number of rotatable bonds is 4. The number of amides is 3. The molecule has 1 unspecified atom stereocenters. The lowest BCUT2D eigenvalue weighted by Crippen LogP contribution is -2.56. The summed E-state index contributed by atoms with van der Waals surface area (Å²) in [5, 5.41) is 12.1. The fourth-order valence-electron chi connectivity index (χ4n) is 4.59. The largest absolute Gasteiger partial charge is 0.350 e. The first-order chi connectivity index (χ1) is 16.4. The molecule has 8 heteroatoms. The van der Waals surface area contributed by atoms with Gasteiger partial charge in [0.1, 0.15) is 0 Å². The van der Waals surface area contributed by atoms with E-state index in [2.05, 4.69) is 5.32 Å². The highest BCUT2D eigenvalue weighted by molar-refractivity contribution is 6.02. The summed E-state index contributed by atoms with van der Waals surface area (Å²) in [6.07, 6.45) is 2.16. The first-order valence-electron chi connectivity index (χ1n) is 11.6. The van der Waals surface area contributed by atoms with Gasteiger partial charge in [0.15, 0.2) is 6.17 Å². The van der Waals surface area contributed by atoms with Crippen molar-refractivity contribution in [2.75, 3.05) is 13.1 Å². The third kappa shape index (κ3) is 4.95. The zero-order valence-corrected chi connectivity index (χ0v) is 19.2. The predicted octanol–water partition coefficient (Wildman–Crippen LogP) is 2.18. The molecule has 3 N–H and O–H groups in total. The first-order valence-corrected chi connectivity index (χ1v) is 11.6. The quantitative estimate of drug-likeness (QED) is 0.726. The molecule has 1 aliphatic carbocycles. The third-order valence-corrected chi connectivity index (χ3v) is 6.61. The van der Waals surface area contributed by atoms with Crippen molar-refractivity contribution in [3.8, 4) is 6.07 Å². The molecule has 34 heavy (non-hydrogen) atoms. The maximum absolute atomic E-state index is 13.5. The molecule has 1 saturated heterocycles. The van der Waals surface area contributed by atoms with E-state index in [4.69, 9.17) is 11.0 Å². The molecule has 1 saturated carbocycles. The lowest BCUT2D eigenvalue weighted by atomic mass is 9.92. The third-order valence-electron chi connectivity index (χ3n) is 6.61. The summed E-state index contributed by atoms with van der Waals surface area (Å²) >= 11 is 0. The molecular formula is C26H29N5O3. The number of nitrogens with one attached hydrogen (secondary N) is 1. The van der Waals surface area contributed by atoms with Crippen LogP contribution in [0.25, 0.3) is 0 Å². The summed E-state index contributed by atoms with van der Waals surface area (Å²) in [7, 11) is 0. The summed E-state index contributed by atoms with van der Waals surface area (Å²) in [6.45, 7) is 2.43. The molecule has 2 fully saturated rings. The van der Waals surface area contributed by atoms with Gasteiger partial charge in [-0.05, 0) is 69.0 Å². The van der Waals surface area contributed by atoms with Crippen molar-refractivity contribution in [3.63, 3.8) is 0 Å². The van der Waals surface area contributed by atoms with Crippen LogP contribution in [0.1, 0.15) is 57.5 Å². The van der Waals surface area contributed by atoms with Crippen molar-refractivity contribution in [2.24, 2.45) is 5.73 Å². The molecule has 4 rings (SSSR count). The minimum absolute atomic E-state index is 0.0314. The van der Waals surface area contributed by atoms with E-state index >= 15 is 0 Å². The number of hydrogen-bond acceptors (Lipinski definition) is 5. The van der Waals surface area contributed by atoms with Crippen molar-refractivity contribution in [1.29, 1.82) is 5.26 Å². The highest BCUT2D eigenvalue weighted by Gasteiger charge is 2.43. The van der Waals surface area contributed by atoms with E-state index in [1.165, 1.54) is 9.80 Å². The molecule has 176 valence electrons. The SMILES string of the molecule is Cc1ccc(C(=O)N2CCN(C(=O)c3ccc(C#N)cc3)C2C(=O)NC2CCC(N)CC2)cc1. The average molecular weight is 460 g/mol. The van der Waals surface area contributed by atoms with Crippen molar-refractivity contribution in [3.05, 3.63) is 70.8 Å². The molecule has 0 bridgehead atoms. The van der Waals surface area contributed by atoms with Crippen LogP contribution in [-0.4, -0.2) is 58.9 Å². The van der Waals surface area contributed by atoms with Crippen LogP contribution in [-0.2, 0) is 4.79 Å². The van der Waals surface area contributed by atoms with Gasteiger partial charge in [-0.25, -0.2) is 0 Å². The molecule has 1 heterocycles. The van der Waals surface area contributed by atoms with E-state index in [-0.39, 0.29) is 42.9 Å². The van der Waals surface area contributed by atoms with E-state index in [0.717, 1.165) is 31.2 Å². The number of nitriles is 1. The normalized spacial score (nSPS) is 22.2. The Morgan fingerprint density at radius 3 is 1.88 bits per heavy atom. The van der Waals surface area contributed by atoms with Crippen LogP contribution in [0.5, 0.6) is 0 Å². The number of benzene rings is 2.